The smallest absolute Gasteiger partial charge is 0.416 e. The Balaban J connectivity index is 2.30. The number of rotatable bonds is 3. The van der Waals surface area contributed by atoms with E-state index in [9.17, 15) is 18.0 Å². The first-order valence-electron chi connectivity index (χ1n) is 5.63. The molecule has 0 radical (unpaired) electrons. The molecule has 2 rings (SSSR count). The van der Waals surface area contributed by atoms with Gasteiger partial charge in [0.2, 0.25) is 0 Å². The van der Waals surface area contributed by atoms with Crippen LogP contribution in [0, 0.1) is 6.92 Å². The predicted molar refractivity (Wildman–Crippen MR) is 68.6 cm³/mol. The van der Waals surface area contributed by atoms with Crippen LogP contribution in [0.1, 0.15) is 16.1 Å². The maximum absolute atomic E-state index is 12.5. The van der Waals surface area contributed by atoms with E-state index in [1.807, 2.05) is 0 Å². The maximum Gasteiger partial charge on any atom is 0.416 e. The third-order valence-corrected chi connectivity index (χ3v) is 3.73. The molecule has 0 saturated heterocycles. The van der Waals surface area contributed by atoms with E-state index in [4.69, 9.17) is 5.11 Å². The highest BCUT2D eigenvalue weighted by atomic mass is 32.1. The molecule has 0 aliphatic carbocycles. The molecule has 0 atom stereocenters. The number of carboxylic acid groups (broad SMARTS) is 1. The first kappa shape index (κ1) is 14.5. The highest BCUT2D eigenvalue weighted by Crippen LogP contribution is 2.32. The highest BCUT2D eigenvalue weighted by molar-refractivity contribution is 7.15. The summed E-state index contributed by atoms with van der Waals surface area (Å²) in [5.74, 6) is -0.989. The summed E-state index contributed by atoms with van der Waals surface area (Å²) < 4.78 is 37.4. The summed E-state index contributed by atoms with van der Waals surface area (Å²) in [5.41, 5.74) is 0.264. The van der Waals surface area contributed by atoms with Crippen molar-refractivity contribution in [2.45, 2.75) is 19.5 Å². The van der Waals surface area contributed by atoms with E-state index >= 15 is 0 Å². The molecule has 1 N–H and O–H groups in total. The summed E-state index contributed by atoms with van der Waals surface area (Å²) in [6, 6.07) is 4.66. The topological polar surface area (TPSA) is 50.2 Å². The van der Waals surface area contributed by atoms with Crippen molar-refractivity contribution in [2.24, 2.45) is 0 Å². The monoisotopic (exact) mass is 301 g/mol. The average molecular weight is 301 g/mol. The Bertz CT molecular complexity index is 632. The minimum atomic E-state index is -4.37. The lowest BCUT2D eigenvalue weighted by atomic mass is 10.1. The van der Waals surface area contributed by atoms with Crippen LogP contribution < -0.4 is 0 Å². The zero-order valence-electron chi connectivity index (χ0n) is 10.4. The Morgan fingerprint density at radius 3 is 2.40 bits per heavy atom. The van der Waals surface area contributed by atoms with E-state index in [1.54, 1.807) is 6.92 Å². The molecule has 2 aromatic rings. The zero-order valence-corrected chi connectivity index (χ0v) is 11.2. The molecule has 0 bridgehead atoms. The number of hydrogen-bond donors (Lipinski definition) is 1. The highest BCUT2D eigenvalue weighted by Gasteiger charge is 2.30. The van der Waals surface area contributed by atoms with Crippen LogP contribution in [-0.2, 0) is 17.4 Å². The van der Waals surface area contributed by atoms with Crippen LogP contribution in [-0.4, -0.2) is 16.1 Å². The number of carboxylic acids is 1. The number of nitrogens with zero attached hydrogens (tertiary/aromatic N) is 1. The van der Waals surface area contributed by atoms with Crippen molar-refractivity contribution >= 4 is 17.3 Å². The fraction of sp³-hybridized carbons (Fsp3) is 0.231. The second-order valence-corrected chi connectivity index (χ2v) is 5.37. The predicted octanol–water partition coefficient (Wildman–Crippen LogP) is 3.76. The third kappa shape index (κ3) is 3.16. The molecule has 1 aromatic carbocycles. The molecule has 0 aliphatic rings. The molecule has 0 amide bonds. The van der Waals surface area contributed by atoms with Crippen LogP contribution in [0.2, 0.25) is 0 Å². The van der Waals surface area contributed by atoms with E-state index in [1.165, 1.54) is 23.5 Å². The fourth-order valence-corrected chi connectivity index (χ4v) is 2.60. The third-order valence-electron chi connectivity index (χ3n) is 2.67. The minimum absolute atomic E-state index is 0.191. The van der Waals surface area contributed by atoms with E-state index in [2.05, 4.69) is 4.98 Å². The van der Waals surface area contributed by atoms with Gasteiger partial charge in [0.1, 0.15) is 5.01 Å². The summed E-state index contributed by atoms with van der Waals surface area (Å²) >= 11 is 1.27. The zero-order chi connectivity index (χ0) is 14.9. The number of carbonyl (C=O) groups is 1. The Hall–Kier alpha value is -1.89. The van der Waals surface area contributed by atoms with Gasteiger partial charge in [-0.1, -0.05) is 12.1 Å². The molecular formula is C13H10F3NO2S. The molecule has 0 unspecified atom stereocenters. The van der Waals surface area contributed by atoms with Crippen LogP contribution in [0.25, 0.3) is 10.6 Å². The van der Waals surface area contributed by atoms with Crippen molar-refractivity contribution in [3.63, 3.8) is 0 Å². The fourth-order valence-electron chi connectivity index (χ4n) is 1.66. The molecule has 0 aliphatic heterocycles. The Morgan fingerprint density at radius 2 is 1.90 bits per heavy atom. The lowest BCUT2D eigenvalue weighted by Gasteiger charge is -2.06. The summed E-state index contributed by atoms with van der Waals surface area (Å²) in [4.78, 5) is 15.6. The van der Waals surface area contributed by atoms with E-state index in [-0.39, 0.29) is 6.42 Å². The molecule has 1 heterocycles. The largest absolute Gasteiger partial charge is 0.481 e. The molecule has 3 nitrogen and oxygen atoms in total. The van der Waals surface area contributed by atoms with Crippen molar-refractivity contribution in [1.82, 2.24) is 4.98 Å². The first-order valence-corrected chi connectivity index (χ1v) is 6.45. The van der Waals surface area contributed by atoms with Gasteiger partial charge in [-0.05, 0) is 19.1 Å². The molecule has 106 valence electrons. The number of aliphatic carboxylic acids is 1. The van der Waals surface area contributed by atoms with Crippen molar-refractivity contribution in [3.05, 3.63) is 40.4 Å². The van der Waals surface area contributed by atoms with Gasteiger partial charge in [-0.3, -0.25) is 4.79 Å². The second kappa shape index (κ2) is 5.24. The first-order chi connectivity index (χ1) is 9.27. The number of benzene rings is 1. The number of aryl methyl sites for hydroxylation is 1. The number of alkyl halides is 3. The van der Waals surface area contributed by atoms with E-state index in [0.29, 0.717) is 16.3 Å². The van der Waals surface area contributed by atoms with Gasteiger partial charge in [0.15, 0.2) is 0 Å². The lowest BCUT2D eigenvalue weighted by molar-refractivity contribution is -0.138. The SMILES string of the molecule is Cc1sc(-c2ccc(C(F)(F)F)cc2)nc1CC(=O)O. The number of hydrogen-bond acceptors (Lipinski definition) is 3. The Kier molecular flexibility index (Phi) is 3.80. The second-order valence-electron chi connectivity index (χ2n) is 4.17. The summed E-state index contributed by atoms with van der Waals surface area (Å²) in [5, 5.41) is 9.26. The average Bonchev–Trinajstić information content (AvgIpc) is 2.69. The summed E-state index contributed by atoms with van der Waals surface area (Å²) in [7, 11) is 0. The van der Waals surface area contributed by atoms with Gasteiger partial charge in [-0.15, -0.1) is 11.3 Å². The van der Waals surface area contributed by atoms with Gasteiger partial charge in [-0.25, -0.2) is 4.98 Å². The van der Waals surface area contributed by atoms with Gasteiger partial charge in [-0.2, -0.15) is 13.2 Å². The summed E-state index contributed by atoms with van der Waals surface area (Å²) in [6.45, 7) is 1.74. The van der Waals surface area contributed by atoms with Crippen molar-refractivity contribution in [3.8, 4) is 10.6 Å². The van der Waals surface area contributed by atoms with Crippen LogP contribution in [0.4, 0.5) is 13.2 Å². The van der Waals surface area contributed by atoms with Crippen molar-refractivity contribution in [2.75, 3.05) is 0 Å². The van der Waals surface area contributed by atoms with Crippen LogP contribution in [0.5, 0.6) is 0 Å². The molecule has 7 heteroatoms. The molecule has 20 heavy (non-hydrogen) atoms. The minimum Gasteiger partial charge on any atom is -0.481 e. The maximum atomic E-state index is 12.5. The van der Waals surface area contributed by atoms with Crippen LogP contribution in [0.3, 0.4) is 0 Å². The van der Waals surface area contributed by atoms with Gasteiger partial charge >= 0.3 is 12.1 Å². The van der Waals surface area contributed by atoms with Gasteiger partial charge in [0, 0.05) is 10.4 Å². The number of aromatic nitrogens is 1. The van der Waals surface area contributed by atoms with Crippen molar-refractivity contribution < 1.29 is 23.1 Å². The summed E-state index contributed by atoms with van der Waals surface area (Å²) in [6.07, 6.45) is -4.56. The lowest BCUT2D eigenvalue weighted by Crippen LogP contribution is -2.04. The number of halogens is 3. The standard InChI is InChI=1S/C13H10F3NO2S/c1-7-10(6-11(18)19)17-12(20-7)8-2-4-9(5-3-8)13(14,15)16/h2-5H,6H2,1H3,(H,18,19). The van der Waals surface area contributed by atoms with Gasteiger partial charge < -0.3 is 5.11 Å². The normalized spacial score (nSPS) is 11.6. The van der Waals surface area contributed by atoms with E-state index < -0.39 is 17.7 Å². The molecule has 0 saturated carbocycles. The van der Waals surface area contributed by atoms with E-state index in [0.717, 1.165) is 17.0 Å². The Labute approximate surface area is 116 Å². The quantitative estimate of drug-likeness (QED) is 0.939. The van der Waals surface area contributed by atoms with Crippen LogP contribution in [0.15, 0.2) is 24.3 Å². The number of thiazole rings is 1. The Morgan fingerprint density at radius 1 is 1.30 bits per heavy atom. The van der Waals surface area contributed by atoms with Gasteiger partial charge in [0.05, 0.1) is 17.7 Å². The molecule has 0 fully saturated rings. The molecule has 1 aromatic heterocycles. The van der Waals surface area contributed by atoms with Crippen molar-refractivity contribution in [1.29, 1.82) is 0 Å². The van der Waals surface area contributed by atoms with Crippen LogP contribution >= 0.6 is 11.3 Å². The molecule has 0 spiro atoms. The molecular weight excluding hydrogens is 291 g/mol. The van der Waals surface area contributed by atoms with Gasteiger partial charge in [0.25, 0.3) is 0 Å².